The topological polar surface area (TPSA) is 37.6 Å². The molecule has 1 N–H and O–H groups in total. The Balaban J connectivity index is 1.59. The van der Waals surface area contributed by atoms with E-state index < -0.39 is 0 Å². The Labute approximate surface area is 102 Å². The Morgan fingerprint density at radius 2 is 2.12 bits per heavy atom. The minimum Gasteiger partial charge on any atom is -0.469 e. The molecule has 2 aliphatic heterocycles. The van der Waals surface area contributed by atoms with Crippen molar-refractivity contribution in [2.45, 2.75) is 11.8 Å². The van der Waals surface area contributed by atoms with Crippen molar-refractivity contribution in [3.8, 4) is 0 Å². The molecule has 0 amide bonds. The van der Waals surface area contributed by atoms with E-state index in [0.29, 0.717) is 0 Å². The van der Waals surface area contributed by atoms with Gasteiger partial charge < -0.3 is 19.4 Å². The van der Waals surface area contributed by atoms with Crippen LogP contribution in [-0.4, -0.2) is 50.8 Å². The van der Waals surface area contributed by atoms with Gasteiger partial charge in [0, 0.05) is 26.2 Å². The molecule has 0 atom stereocenters. The van der Waals surface area contributed by atoms with Gasteiger partial charge >= 0.3 is 0 Å². The quantitative estimate of drug-likeness (QED) is 0.841. The first-order valence-electron chi connectivity index (χ1n) is 6.44. The van der Waals surface area contributed by atoms with Crippen LogP contribution in [0.15, 0.2) is 22.8 Å². The molecule has 4 nitrogen and oxygen atoms in total. The van der Waals surface area contributed by atoms with Crippen molar-refractivity contribution in [3.05, 3.63) is 24.2 Å². The van der Waals surface area contributed by atoms with Gasteiger partial charge in [-0.3, -0.25) is 0 Å². The second kappa shape index (κ2) is 4.80. The van der Waals surface area contributed by atoms with Gasteiger partial charge in [0.25, 0.3) is 0 Å². The molecule has 17 heavy (non-hydrogen) atoms. The summed E-state index contributed by atoms with van der Waals surface area (Å²) in [6, 6.07) is 4.06. The Hall–Kier alpha value is -0.840. The van der Waals surface area contributed by atoms with E-state index in [2.05, 4.69) is 16.3 Å². The molecular formula is C13H20N2O2. The average Bonchev–Trinajstić information content (AvgIpc) is 2.83. The zero-order valence-electron chi connectivity index (χ0n) is 10.2. The van der Waals surface area contributed by atoms with E-state index in [0.717, 1.165) is 58.1 Å². The number of rotatable bonds is 4. The number of furan rings is 1. The van der Waals surface area contributed by atoms with Gasteiger partial charge in [0.1, 0.15) is 5.76 Å². The number of piperazine rings is 1. The fraction of sp³-hybridized carbons (Fsp3) is 0.692. The van der Waals surface area contributed by atoms with Crippen LogP contribution < -0.4 is 5.32 Å². The lowest BCUT2D eigenvalue weighted by molar-refractivity contribution is -0.0776. The molecule has 3 heterocycles. The average molecular weight is 236 g/mol. The fourth-order valence-electron chi connectivity index (χ4n) is 2.65. The molecule has 1 aromatic heterocycles. The monoisotopic (exact) mass is 236 g/mol. The highest BCUT2D eigenvalue weighted by atomic mass is 16.5. The van der Waals surface area contributed by atoms with Crippen LogP contribution in [-0.2, 0) is 10.2 Å². The number of hydrogen-bond acceptors (Lipinski definition) is 4. The van der Waals surface area contributed by atoms with E-state index in [1.54, 1.807) is 6.26 Å². The number of hydrogen-bond donors (Lipinski definition) is 1. The van der Waals surface area contributed by atoms with E-state index in [9.17, 15) is 0 Å². The molecule has 0 unspecified atom stereocenters. The van der Waals surface area contributed by atoms with Gasteiger partial charge in [-0.1, -0.05) is 0 Å². The molecule has 0 saturated carbocycles. The second-order valence-electron chi connectivity index (χ2n) is 5.09. The second-order valence-corrected chi connectivity index (χ2v) is 5.09. The van der Waals surface area contributed by atoms with Gasteiger partial charge in [-0.05, 0) is 25.1 Å². The summed E-state index contributed by atoms with van der Waals surface area (Å²) in [4.78, 5) is 2.53. The minimum atomic E-state index is 0.147. The standard InChI is InChI=1S/C13H20N2O2/c1-2-12(17-9-1)13(10-16-11-13)3-6-15-7-4-14-5-8-15/h1-2,9,14H,3-8,10-11H2. The first-order valence-corrected chi connectivity index (χ1v) is 6.44. The molecule has 2 aliphatic rings. The zero-order chi connectivity index (χ0) is 11.6. The third kappa shape index (κ3) is 2.25. The van der Waals surface area contributed by atoms with Crippen LogP contribution in [0.25, 0.3) is 0 Å². The molecule has 4 heteroatoms. The molecular weight excluding hydrogens is 216 g/mol. The van der Waals surface area contributed by atoms with Gasteiger partial charge in [-0.25, -0.2) is 0 Å². The van der Waals surface area contributed by atoms with Crippen molar-refractivity contribution in [1.29, 1.82) is 0 Å². The van der Waals surface area contributed by atoms with E-state index in [-0.39, 0.29) is 5.41 Å². The lowest BCUT2D eigenvalue weighted by Crippen LogP contribution is -2.50. The Kier molecular flexibility index (Phi) is 3.18. The fourth-order valence-corrected chi connectivity index (χ4v) is 2.65. The molecule has 3 rings (SSSR count). The van der Waals surface area contributed by atoms with Gasteiger partial charge in [0.2, 0.25) is 0 Å². The maximum absolute atomic E-state index is 5.57. The number of ether oxygens (including phenoxy) is 1. The predicted molar refractivity (Wildman–Crippen MR) is 65.1 cm³/mol. The van der Waals surface area contributed by atoms with Gasteiger partial charge in [-0.15, -0.1) is 0 Å². The summed E-state index contributed by atoms with van der Waals surface area (Å²) >= 11 is 0. The van der Waals surface area contributed by atoms with Gasteiger partial charge in [0.05, 0.1) is 24.9 Å². The van der Waals surface area contributed by atoms with Gasteiger partial charge in [-0.2, -0.15) is 0 Å². The maximum Gasteiger partial charge on any atom is 0.114 e. The van der Waals surface area contributed by atoms with Crippen molar-refractivity contribution in [2.24, 2.45) is 0 Å². The van der Waals surface area contributed by atoms with E-state index >= 15 is 0 Å². The van der Waals surface area contributed by atoms with Crippen LogP contribution in [0.5, 0.6) is 0 Å². The summed E-state index contributed by atoms with van der Waals surface area (Å²) in [5, 5.41) is 3.38. The third-order valence-electron chi connectivity index (χ3n) is 3.92. The van der Waals surface area contributed by atoms with Crippen LogP contribution in [0.4, 0.5) is 0 Å². The van der Waals surface area contributed by atoms with Crippen molar-refractivity contribution in [2.75, 3.05) is 45.9 Å². The summed E-state index contributed by atoms with van der Waals surface area (Å²) < 4.78 is 11.0. The predicted octanol–water partition coefficient (Wildman–Crippen LogP) is 0.843. The Morgan fingerprint density at radius 1 is 1.29 bits per heavy atom. The lowest BCUT2D eigenvalue weighted by Gasteiger charge is -2.41. The van der Waals surface area contributed by atoms with Crippen LogP contribution in [0, 0.1) is 0 Å². The highest BCUT2D eigenvalue weighted by molar-refractivity contribution is 5.17. The van der Waals surface area contributed by atoms with Crippen molar-refractivity contribution >= 4 is 0 Å². The number of nitrogens with one attached hydrogen (secondary N) is 1. The molecule has 1 aromatic rings. The molecule has 2 fully saturated rings. The van der Waals surface area contributed by atoms with Crippen molar-refractivity contribution < 1.29 is 9.15 Å². The van der Waals surface area contributed by atoms with Crippen LogP contribution in [0.2, 0.25) is 0 Å². The zero-order valence-corrected chi connectivity index (χ0v) is 10.2. The van der Waals surface area contributed by atoms with E-state index in [4.69, 9.17) is 9.15 Å². The Morgan fingerprint density at radius 3 is 2.71 bits per heavy atom. The molecule has 0 bridgehead atoms. The SMILES string of the molecule is c1coc(C2(CCN3CCNCC3)COC2)c1. The van der Waals surface area contributed by atoms with Crippen LogP contribution in [0.1, 0.15) is 12.2 Å². The summed E-state index contributed by atoms with van der Waals surface area (Å²) in [7, 11) is 0. The third-order valence-corrected chi connectivity index (χ3v) is 3.92. The molecule has 94 valence electrons. The highest BCUT2D eigenvalue weighted by Gasteiger charge is 2.42. The normalized spacial score (nSPS) is 24.5. The van der Waals surface area contributed by atoms with Gasteiger partial charge in [0.15, 0.2) is 0 Å². The molecule has 0 aliphatic carbocycles. The molecule has 2 saturated heterocycles. The smallest absolute Gasteiger partial charge is 0.114 e. The summed E-state index contributed by atoms with van der Waals surface area (Å²) in [6.07, 6.45) is 2.90. The van der Waals surface area contributed by atoms with Crippen molar-refractivity contribution in [1.82, 2.24) is 10.2 Å². The Bertz CT molecular complexity index is 340. The lowest BCUT2D eigenvalue weighted by atomic mass is 9.80. The summed E-state index contributed by atoms with van der Waals surface area (Å²) in [5.41, 5.74) is 0.147. The minimum absolute atomic E-state index is 0.147. The largest absolute Gasteiger partial charge is 0.469 e. The molecule has 0 radical (unpaired) electrons. The highest BCUT2D eigenvalue weighted by Crippen LogP contribution is 2.36. The van der Waals surface area contributed by atoms with Crippen molar-refractivity contribution in [3.63, 3.8) is 0 Å². The first kappa shape index (κ1) is 11.3. The van der Waals surface area contributed by atoms with E-state index in [1.165, 1.54) is 0 Å². The summed E-state index contributed by atoms with van der Waals surface area (Å²) in [5.74, 6) is 1.10. The van der Waals surface area contributed by atoms with Crippen LogP contribution in [0.3, 0.4) is 0 Å². The molecule has 0 spiro atoms. The first-order chi connectivity index (χ1) is 8.39. The number of nitrogens with zero attached hydrogens (tertiary/aromatic N) is 1. The molecule has 0 aromatic carbocycles. The van der Waals surface area contributed by atoms with E-state index in [1.807, 2.05) is 6.07 Å². The summed E-state index contributed by atoms with van der Waals surface area (Å²) in [6.45, 7) is 7.32. The van der Waals surface area contributed by atoms with Crippen LogP contribution >= 0.6 is 0 Å². The maximum atomic E-state index is 5.57.